The van der Waals surface area contributed by atoms with E-state index in [4.69, 9.17) is 14.2 Å². The largest absolute Gasteiger partial charge is 0.433 e. The topological polar surface area (TPSA) is 89.1 Å². The highest BCUT2D eigenvalue weighted by molar-refractivity contribution is 5.83. The molecule has 3 fully saturated rings. The van der Waals surface area contributed by atoms with Crippen LogP contribution < -0.4 is 10.2 Å². The molecule has 4 atom stereocenters. The fourth-order valence-corrected chi connectivity index (χ4v) is 5.47. The molecule has 1 aromatic heterocycles. The molecule has 3 heterocycles. The SMILES string of the molecule is COC[C@]1(C(=O)N2CCN(c3nccc(C(F)(F)F)n3)CC2)CC[C@@H](N[C@@H]2CCOCC2OC)C1. The van der Waals surface area contributed by atoms with Crippen LogP contribution in [0.5, 0.6) is 0 Å². The summed E-state index contributed by atoms with van der Waals surface area (Å²) in [4.78, 5) is 24.9. The molecule has 2 saturated heterocycles. The molecule has 0 bridgehead atoms. The molecule has 12 heteroatoms. The van der Waals surface area contributed by atoms with Crippen molar-refractivity contribution < 1.29 is 32.2 Å². The fourth-order valence-electron chi connectivity index (χ4n) is 5.47. The first-order valence-corrected chi connectivity index (χ1v) is 12.1. The Morgan fingerprint density at radius 2 is 2.03 bits per heavy atom. The van der Waals surface area contributed by atoms with Crippen LogP contribution in [0.15, 0.2) is 12.3 Å². The zero-order valence-corrected chi connectivity index (χ0v) is 20.2. The number of alkyl halides is 3. The van der Waals surface area contributed by atoms with Gasteiger partial charge in [0.25, 0.3) is 0 Å². The standard InChI is InChI=1S/C23H34F3N5O4/c1-33-15-22(6-3-16(13-22)28-17-5-12-35-14-18(17)34-2)20(32)30-8-10-31(11-9-30)21-27-7-4-19(29-21)23(24,25)26/h4,7,16-18,28H,3,5-6,8-15H2,1-2H3/t16-,17-,18?,22+/m1/s1. The second kappa shape index (κ2) is 10.9. The van der Waals surface area contributed by atoms with Crippen LogP contribution in [0.4, 0.5) is 19.1 Å². The molecule has 1 saturated carbocycles. The number of aromatic nitrogens is 2. The molecular weight excluding hydrogens is 467 g/mol. The predicted octanol–water partition coefficient (Wildman–Crippen LogP) is 1.72. The number of halogens is 3. The molecule has 1 N–H and O–H groups in total. The number of carbonyl (C=O) groups excluding carboxylic acids is 1. The van der Waals surface area contributed by atoms with E-state index in [0.717, 1.165) is 31.5 Å². The number of carbonyl (C=O) groups is 1. The Kier molecular flexibility index (Phi) is 8.14. The van der Waals surface area contributed by atoms with Gasteiger partial charge in [0.15, 0.2) is 0 Å². The maximum absolute atomic E-state index is 13.7. The van der Waals surface area contributed by atoms with Crippen molar-refractivity contribution in [3.63, 3.8) is 0 Å². The van der Waals surface area contributed by atoms with Crippen molar-refractivity contribution in [2.45, 2.75) is 50.0 Å². The molecule has 0 radical (unpaired) electrons. The van der Waals surface area contributed by atoms with E-state index in [1.165, 1.54) is 0 Å². The Bertz CT molecular complexity index is 868. The fraction of sp³-hybridized carbons (Fsp3) is 0.783. The van der Waals surface area contributed by atoms with Crippen molar-refractivity contribution in [2.75, 3.05) is 65.1 Å². The highest BCUT2D eigenvalue weighted by atomic mass is 19.4. The lowest BCUT2D eigenvalue weighted by atomic mass is 9.84. The van der Waals surface area contributed by atoms with Crippen LogP contribution in [0.3, 0.4) is 0 Å². The minimum absolute atomic E-state index is 0.0111. The number of hydrogen-bond acceptors (Lipinski definition) is 8. The average molecular weight is 502 g/mol. The van der Waals surface area contributed by atoms with E-state index in [1.54, 1.807) is 24.0 Å². The molecule has 4 rings (SSSR count). The third-order valence-electron chi connectivity index (χ3n) is 7.32. The van der Waals surface area contributed by atoms with Gasteiger partial charge in [-0.1, -0.05) is 0 Å². The van der Waals surface area contributed by atoms with Crippen LogP contribution in [0.1, 0.15) is 31.4 Å². The number of piperazine rings is 1. The molecule has 3 aliphatic rings. The molecule has 196 valence electrons. The third kappa shape index (κ3) is 5.87. The minimum Gasteiger partial charge on any atom is -0.384 e. The zero-order valence-electron chi connectivity index (χ0n) is 20.2. The maximum Gasteiger partial charge on any atom is 0.433 e. The summed E-state index contributed by atoms with van der Waals surface area (Å²) in [5.74, 6) is 0.0800. The lowest BCUT2D eigenvalue weighted by Crippen LogP contribution is -2.55. The highest BCUT2D eigenvalue weighted by Gasteiger charge is 2.48. The summed E-state index contributed by atoms with van der Waals surface area (Å²) in [5, 5.41) is 3.69. The molecule has 35 heavy (non-hydrogen) atoms. The van der Waals surface area contributed by atoms with Gasteiger partial charge in [0.2, 0.25) is 11.9 Å². The molecule has 1 unspecified atom stereocenters. The van der Waals surface area contributed by atoms with Gasteiger partial charge in [0.05, 0.1) is 24.7 Å². The summed E-state index contributed by atoms with van der Waals surface area (Å²) in [6.07, 6.45) is -0.305. The number of methoxy groups -OCH3 is 2. The van der Waals surface area contributed by atoms with Gasteiger partial charge in [-0.15, -0.1) is 0 Å². The predicted molar refractivity (Wildman–Crippen MR) is 121 cm³/mol. The number of hydrogen-bond donors (Lipinski definition) is 1. The van der Waals surface area contributed by atoms with E-state index in [-0.39, 0.29) is 30.0 Å². The van der Waals surface area contributed by atoms with Gasteiger partial charge in [0, 0.05) is 65.3 Å². The van der Waals surface area contributed by atoms with Crippen LogP contribution in [0.25, 0.3) is 0 Å². The number of anilines is 1. The van der Waals surface area contributed by atoms with Gasteiger partial charge in [-0.2, -0.15) is 13.2 Å². The van der Waals surface area contributed by atoms with Gasteiger partial charge < -0.3 is 29.3 Å². The summed E-state index contributed by atoms with van der Waals surface area (Å²) in [6.45, 7) is 3.11. The molecule has 9 nitrogen and oxygen atoms in total. The molecule has 1 aliphatic carbocycles. The second-order valence-electron chi connectivity index (χ2n) is 9.58. The van der Waals surface area contributed by atoms with Crippen LogP contribution >= 0.6 is 0 Å². The first-order chi connectivity index (χ1) is 16.8. The summed E-state index contributed by atoms with van der Waals surface area (Å²) in [6, 6.07) is 1.22. The summed E-state index contributed by atoms with van der Waals surface area (Å²) in [5.41, 5.74) is -1.58. The van der Waals surface area contributed by atoms with Crippen molar-refractivity contribution in [1.82, 2.24) is 20.2 Å². The lowest BCUT2D eigenvalue weighted by molar-refractivity contribution is -0.145. The van der Waals surface area contributed by atoms with Crippen LogP contribution in [-0.2, 0) is 25.2 Å². The van der Waals surface area contributed by atoms with E-state index in [1.807, 2.05) is 0 Å². The average Bonchev–Trinajstić information content (AvgIpc) is 3.27. The Hall–Kier alpha value is -2.02. The molecule has 1 amide bonds. The van der Waals surface area contributed by atoms with Crippen LogP contribution in [0, 0.1) is 5.41 Å². The molecular formula is C23H34F3N5O4. The second-order valence-corrected chi connectivity index (χ2v) is 9.58. The summed E-state index contributed by atoms with van der Waals surface area (Å²) in [7, 11) is 3.30. The Morgan fingerprint density at radius 3 is 2.71 bits per heavy atom. The molecule has 2 aliphatic heterocycles. The highest BCUT2D eigenvalue weighted by Crippen LogP contribution is 2.41. The Balaban J connectivity index is 1.37. The monoisotopic (exact) mass is 501 g/mol. The van der Waals surface area contributed by atoms with Gasteiger partial charge >= 0.3 is 6.18 Å². The van der Waals surface area contributed by atoms with Gasteiger partial charge in [-0.3, -0.25) is 4.79 Å². The van der Waals surface area contributed by atoms with Crippen LogP contribution in [0.2, 0.25) is 0 Å². The minimum atomic E-state index is -4.52. The quantitative estimate of drug-likeness (QED) is 0.605. The molecule has 0 spiro atoms. The van der Waals surface area contributed by atoms with E-state index >= 15 is 0 Å². The maximum atomic E-state index is 13.7. The molecule has 1 aromatic rings. The zero-order chi connectivity index (χ0) is 25.1. The van der Waals surface area contributed by atoms with E-state index in [2.05, 4.69) is 15.3 Å². The number of ether oxygens (including phenoxy) is 3. The first-order valence-electron chi connectivity index (χ1n) is 12.1. The molecule has 0 aromatic carbocycles. The Labute approximate surface area is 203 Å². The number of nitrogens with zero attached hydrogens (tertiary/aromatic N) is 4. The number of amides is 1. The first kappa shape index (κ1) is 26.1. The van der Waals surface area contributed by atoms with Gasteiger partial charge in [-0.25, -0.2) is 9.97 Å². The van der Waals surface area contributed by atoms with Crippen molar-refractivity contribution in [1.29, 1.82) is 0 Å². The van der Waals surface area contributed by atoms with Gasteiger partial charge in [0.1, 0.15) is 5.69 Å². The summed E-state index contributed by atoms with van der Waals surface area (Å²) >= 11 is 0. The van der Waals surface area contributed by atoms with E-state index < -0.39 is 17.3 Å². The van der Waals surface area contributed by atoms with Crippen molar-refractivity contribution in [3.8, 4) is 0 Å². The Morgan fingerprint density at radius 1 is 1.26 bits per heavy atom. The van der Waals surface area contributed by atoms with E-state index in [9.17, 15) is 18.0 Å². The van der Waals surface area contributed by atoms with Gasteiger partial charge in [-0.05, 0) is 31.7 Å². The lowest BCUT2D eigenvalue weighted by Gasteiger charge is -2.40. The smallest absolute Gasteiger partial charge is 0.384 e. The van der Waals surface area contributed by atoms with E-state index in [0.29, 0.717) is 52.4 Å². The van der Waals surface area contributed by atoms with Crippen molar-refractivity contribution in [3.05, 3.63) is 18.0 Å². The number of nitrogens with one attached hydrogen (secondary N) is 1. The normalized spacial score (nSPS) is 30.0. The summed E-state index contributed by atoms with van der Waals surface area (Å²) < 4.78 is 55.6. The van der Waals surface area contributed by atoms with Crippen molar-refractivity contribution >= 4 is 11.9 Å². The number of rotatable bonds is 7. The van der Waals surface area contributed by atoms with Crippen molar-refractivity contribution in [2.24, 2.45) is 5.41 Å². The van der Waals surface area contributed by atoms with Crippen LogP contribution in [-0.4, -0.2) is 99.2 Å². The third-order valence-corrected chi connectivity index (χ3v) is 7.32.